The van der Waals surface area contributed by atoms with E-state index in [-0.39, 0.29) is 11.2 Å². The lowest BCUT2D eigenvalue weighted by Crippen LogP contribution is -2.36. The smallest absolute Gasteiger partial charge is 0.161 e. The predicted molar refractivity (Wildman–Crippen MR) is 68.5 cm³/mol. The van der Waals surface area contributed by atoms with Gasteiger partial charge in [-0.3, -0.25) is 0 Å². The van der Waals surface area contributed by atoms with E-state index in [0.29, 0.717) is 18.9 Å². The Morgan fingerprint density at radius 1 is 1.41 bits per heavy atom. The molecular weight excluding hydrogens is 214 g/mol. The molecule has 0 atom stereocenters. The van der Waals surface area contributed by atoms with Gasteiger partial charge < -0.3 is 15.6 Å². The van der Waals surface area contributed by atoms with Crippen LogP contribution in [0.15, 0.2) is 18.2 Å². The molecule has 94 valence electrons. The molecule has 0 saturated heterocycles. The standard InChI is InChI=1S/C14H21NO2/c1-2-17-13-10-11(4-5-12(13)16)14(8-9-15)6-3-7-14/h4-5,10,16H,2-3,6-9,15H2,1H3. The largest absolute Gasteiger partial charge is 0.504 e. The molecule has 3 N–H and O–H groups in total. The maximum absolute atomic E-state index is 9.70. The topological polar surface area (TPSA) is 55.5 Å². The van der Waals surface area contributed by atoms with Gasteiger partial charge in [0.25, 0.3) is 0 Å². The minimum absolute atomic E-state index is 0.220. The highest BCUT2D eigenvalue weighted by molar-refractivity contribution is 5.45. The van der Waals surface area contributed by atoms with Crippen LogP contribution in [0.25, 0.3) is 0 Å². The molecule has 1 aliphatic rings. The third-order valence-electron chi connectivity index (χ3n) is 3.81. The third kappa shape index (κ3) is 2.25. The summed E-state index contributed by atoms with van der Waals surface area (Å²) in [5.41, 5.74) is 7.20. The van der Waals surface area contributed by atoms with E-state index < -0.39 is 0 Å². The average Bonchev–Trinajstić information content (AvgIpc) is 2.27. The van der Waals surface area contributed by atoms with E-state index in [1.54, 1.807) is 6.07 Å². The van der Waals surface area contributed by atoms with Crippen LogP contribution in [0.3, 0.4) is 0 Å². The first kappa shape index (κ1) is 12.2. The Labute approximate surface area is 103 Å². The van der Waals surface area contributed by atoms with Gasteiger partial charge in [-0.1, -0.05) is 12.5 Å². The molecular formula is C14H21NO2. The second kappa shape index (κ2) is 4.96. The summed E-state index contributed by atoms with van der Waals surface area (Å²) in [6.45, 7) is 3.21. The molecule has 1 aromatic carbocycles. The number of nitrogens with two attached hydrogens (primary N) is 1. The van der Waals surface area contributed by atoms with E-state index in [1.165, 1.54) is 24.8 Å². The molecule has 1 aromatic rings. The van der Waals surface area contributed by atoms with Gasteiger partial charge in [0.2, 0.25) is 0 Å². The summed E-state index contributed by atoms with van der Waals surface area (Å²) in [5, 5.41) is 9.70. The molecule has 0 radical (unpaired) electrons. The number of ether oxygens (including phenoxy) is 1. The minimum Gasteiger partial charge on any atom is -0.504 e. The van der Waals surface area contributed by atoms with Gasteiger partial charge in [0, 0.05) is 0 Å². The maximum atomic E-state index is 9.70. The van der Waals surface area contributed by atoms with Crippen molar-refractivity contribution >= 4 is 0 Å². The number of benzene rings is 1. The molecule has 2 rings (SSSR count). The average molecular weight is 235 g/mol. The highest BCUT2D eigenvalue weighted by Gasteiger charge is 2.38. The summed E-state index contributed by atoms with van der Waals surface area (Å²) in [5.74, 6) is 0.811. The zero-order valence-electron chi connectivity index (χ0n) is 10.4. The highest BCUT2D eigenvalue weighted by Crippen LogP contribution is 2.47. The first-order valence-electron chi connectivity index (χ1n) is 6.38. The molecule has 0 aliphatic heterocycles. The Bertz CT molecular complexity index is 386. The van der Waals surface area contributed by atoms with Crippen molar-refractivity contribution in [1.29, 1.82) is 0 Å². The lowest BCUT2D eigenvalue weighted by Gasteiger charge is -2.42. The molecule has 0 aromatic heterocycles. The van der Waals surface area contributed by atoms with E-state index in [0.717, 1.165) is 6.42 Å². The predicted octanol–water partition coefficient (Wildman–Crippen LogP) is 2.56. The van der Waals surface area contributed by atoms with Crippen LogP contribution in [0.1, 0.15) is 38.2 Å². The van der Waals surface area contributed by atoms with Gasteiger partial charge in [0.15, 0.2) is 11.5 Å². The van der Waals surface area contributed by atoms with Crippen molar-refractivity contribution in [3.05, 3.63) is 23.8 Å². The number of rotatable bonds is 5. The van der Waals surface area contributed by atoms with Gasteiger partial charge in [-0.05, 0) is 55.8 Å². The van der Waals surface area contributed by atoms with Crippen LogP contribution in [0.5, 0.6) is 11.5 Å². The van der Waals surface area contributed by atoms with Gasteiger partial charge in [-0.25, -0.2) is 0 Å². The van der Waals surface area contributed by atoms with Crippen LogP contribution in [0.4, 0.5) is 0 Å². The monoisotopic (exact) mass is 235 g/mol. The van der Waals surface area contributed by atoms with Crippen LogP contribution < -0.4 is 10.5 Å². The number of aromatic hydroxyl groups is 1. The Morgan fingerprint density at radius 3 is 2.71 bits per heavy atom. The molecule has 0 spiro atoms. The first-order valence-corrected chi connectivity index (χ1v) is 6.38. The van der Waals surface area contributed by atoms with Crippen LogP contribution in [0.2, 0.25) is 0 Å². The van der Waals surface area contributed by atoms with E-state index in [4.69, 9.17) is 10.5 Å². The van der Waals surface area contributed by atoms with Crippen LogP contribution in [0, 0.1) is 0 Å². The van der Waals surface area contributed by atoms with Gasteiger partial charge >= 0.3 is 0 Å². The SMILES string of the molecule is CCOc1cc(C2(CCN)CCC2)ccc1O. The van der Waals surface area contributed by atoms with Crippen molar-refractivity contribution in [3.8, 4) is 11.5 Å². The van der Waals surface area contributed by atoms with Gasteiger partial charge in [-0.15, -0.1) is 0 Å². The molecule has 3 nitrogen and oxygen atoms in total. The third-order valence-corrected chi connectivity index (χ3v) is 3.81. The molecule has 0 amide bonds. The molecule has 1 saturated carbocycles. The van der Waals surface area contributed by atoms with Gasteiger partial charge in [0.1, 0.15) is 0 Å². The van der Waals surface area contributed by atoms with E-state index >= 15 is 0 Å². The fourth-order valence-corrected chi connectivity index (χ4v) is 2.68. The lowest BCUT2D eigenvalue weighted by molar-refractivity contribution is 0.227. The summed E-state index contributed by atoms with van der Waals surface area (Å²) >= 11 is 0. The zero-order valence-corrected chi connectivity index (χ0v) is 10.4. The van der Waals surface area contributed by atoms with E-state index in [1.807, 2.05) is 19.1 Å². The molecule has 1 fully saturated rings. The fourth-order valence-electron chi connectivity index (χ4n) is 2.68. The van der Waals surface area contributed by atoms with Crippen molar-refractivity contribution in [2.75, 3.05) is 13.2 Å². The van der Waals surface area contributed by atoms with Crippen molar-refractivity contribution in [3.63, 3.8) is 0 Å². The maximum Gasteiger partial charge on any atom is 0.161 e. The normalized spacial score (nSPS) is 17.5. The fraction of sp³-hybridized carbons (Fsp3) is 0.571. The van der Waals surface area contributed by atoms with Crippen LogP contribution >= 0.6 is 0 Å². The molecule has 0 bridgehead atoms. The van der Waals surface area contributed by atoms with Crippen molar-refractivity contribution in [2.24, 2.45) is 5.73 Å². The molecule has 0 unspecified atom stereocenters. The van der Waals surface area contributed by atoms with Crippen molar-refractivity contribution in [1.82, 2.24) is 0 Å². The summed E-state index contributed by atoms with van der Waals surface area (Å²) in [7, 11) is 0. The minimum atomic E-state index is 0.220. The molecule has 0 heterocycles. The van der Waals surface area contributed by atoms with Gasteiger partial charge in [-0.2, -0.15) is 0 Å². The first-order chi connectivity index (χ1) is 8.22. The van der Waals surface area contributed by atoms with Crippen molar-refractivity contribution < 1.29 is 9.84 Å². The Kier molecular flexibility index (Phi) is 3.57. The van der Waals surface area contributed by atoms with E-state index in [2.05, 4.69) is 0 Å². The number of hydrogen-bond donors (Lipinski definition) is 2. The van der Waals surface area contributed by atoms with E-state index in [9.17, 15) is 5.11 Å². The highest BCUT2D eigenvalue weighted by atomic mass is 16.5. The number of hydrogen-bond acceptors (Lipinski definition) is 3. The molecule has 3 heteroatoms. The van der Waals surface area contributed by atoms with Crippen LogP contribution in [-0.2, 0) is 5.41 Å². The Balaban J connectivity index is 2.28. The van der Waals surface area contributed by atoms with Gasteiger partial charge in [0.05, 0.1) is 6.61 Å². The number of phenolic OH excluding ortho intramolecular Hbond substituents is 1. The second-order valence-electron chi connectivity index (χ2n) is 4.79. The summed E-state index contributed by atoms with van der Waals surface area (Å²) in [4.78, 5) is 0. The molecule has 1 aliphatic carbocycles. The Morgan fingerprint density at radius 2 is 2.18 bits per heavy atom. The number of phenols is 1. The summed E-state index contributed by atoms with van der Waals surface area (Å²) in [6.07, 6.45) is 4.68. The zero-order chi connectivity index (χ0) is 12.3. The molecule has 17 heavy (non-hydrogen) atoms. The summed E-state index contributed by atoms with van der Waals surface area (Å²) < 4.78 is 5.44. The quantitative estimate of drug-likeness (QED) is 0.824. The van der Waals surface area contributed by atoms with Crippen LogP contribution in [-0.4, -0.2) is 18.3 Å². The Hall–Kier alpha value is -1.22. The van der Waals surface area contributed by atoms with Crippen molar-refractivity contribution in [2.45, 2.75) is 38.0 Å². The summed E-state index contributed by atoms with van der Waals surface area (Å²) in [6, 6.07) is 5.72. The lowest BCUT2D eigenvalue weighted by atomic mass is 9.62. The second-order valence-corrected chi connectivity index (χ2v) is 4.79.